The van der Waals surface area contributed by atoms with E-state index < -0.39 is 0 Å². The van der Waals surface area contributed by atoms with E-state index in [4.69, 9.17) is 5.26 Å². The first kappa shape index (κ1) is 9.93. The van der Waals surface area contributed by atoms with Gasteiger partial charge in [0, 0.05) is 5.56 Å². The number of hydrogen-bond donors (Lipinski definition) is 2. The van der Waals surface area contributed by atoms with Crippen LogP contribution in [-0.4, -0.2) is 16.1 Å². The highest BCUT2D eigenvalue weighted by atomic mass is 16.1. The number of nitrogens with zero attached hydrogens (tertiary/aromatic N) is 2. The summed E-state index contributed by atoms with van der Waals surface area (Å²) in [5, 5.41) is 17.5. The van der Waals surface area contributed by atoms with Gasteiger partial charge in [-0.25, -0.2) is 0 Å². The SMILES string of the molecule is N#Cc1cn[nH]c1NC(=O)c1ccccc1. The second kappa shape index (κ2) is 4.28. The fourth-order valence-electron chi connectivity index (χ4n) is 1.24. The van der Waals surface area contributed by atoms with Crippen LogP contribution in [0.15, 0.2) is 36.5 Å². The monoisotopic (exact) mass is 212 g/mol. The second-order valence-corrected chi connectivity index (χ2v) is 3.09. The van der Waals surface area contributed by atoms with E-state index in [1.54, 1.807) is 24.3 Å². The largest absolute Gasteiger partial charge is 0.306 e. The normalized spacial score (nSPS) is 9.44. The van der Waals surface area contributed by atoms with Crippen LogP contribution in [0, 0.1) is 11.3 Å². The molecule has 1 heterocycles. The van der Waals surface area contributed by atoms with E-state index in [1.165, 1.54) is 6.20 Å². The van der Waals surface area contributed by atoms with E-state index in [1.807, 2.05) is 12.1 Å². The molecule has 1 amide bonds. The maximum Gasteiger partial charge on any atom is 0.256 e. The lowest BCUT2D eigenvalue weighted by molar-refractivity contribution is 0.102. The van der Waals surface area contributed by atoms with Crippen molar-refractivity contribution >= 4 is 11.7 Å². The highest BCUT2D eigenvalue weighted by molar-refractivity contribution is 6.04. The maximum absolute atomic E-state index is 11.7. The van der Waals surface area contributed by atoms with Crippen molar-refractivity contribution in [2.24, 2.45) is 0 Å². The first-order chi connectivity index (χ1) is 7.81. The molecule has 78 valence electrons. The minimum atomic E-state index is -0.277. The zero-order valence-electron chi connectivity index (χ0n) is 8.27. The maximum atomic E-state index is 11.7. The van der Waals surface area contributed by atoms with Crippen molar-refractivity contribution in [3.05, 3.63) is 47.7 Å². The molecule has 2 N–H and O–H groups in total. The average Bonchev–Trinajstić information content (AvgIpc) is 2.77. The van der Waals surface area contributed by atoms with E-state index in [0.29, 0.717) is 16.9 Å². The second-order valence-electron chi connectivity index (χ2n) is 3.09. The van der Waals surface area contributed by atoms with E-state index in [2.05, 4.69) is 15.5 Å². The summed E-state index contributed by atoms with van der Waals surface area (Å²) in [5.41, 5.74) is 0.838. The highest BCUT2D eigenvalue weighted by Crippen LogP contribution is 2.10. The number of hydrogen-bond acceptors (Lipinski definition) is 3. The molecule has 0 aliphatic heterocycles. The molecule has 0 radical (unpaired) electrons. The molecule has 0 atom stereocenters. The van der Waals surface area contributed by atoms with Gasteiger partial charge in [0.25, 0.3) is 5.91 Å². The minimum absolute atomic E-state index is 0.277. The summed E-state index contributed by atoms with van der Waals surface area (Å²) in [5.74, 6) is 0.0395. The Morgan fingerprint density at radius 1 is 1.38 bits per heavy atom. The van der Waals surface area contributed by atoms with Crippen LogP contribution in [0.5, 0.6) is 0 Å². The molecule has 16 heavy (non-hydrogen) atoms. The van der Waals surface area contributed by atoms with Gasteiger partial charge in [-0.05, 0) is 12.1 Å². The van der Waals surface area contributed by atoms with Gasteiger partial charge in [-0.1, -0.05) is 18.2 Å². The quantitative estimate of drug-likeness (QED) is 0.792. The minimum Gasteiger partial charge on any atom is -0.306 e. The summed E-state index contributed by atoms with van der Waals surface area (Å²) < 4.78 is 0. The molecule has 0 bridgehead atoms. The van der Waals surface area contributed by atoms with Crippen molar-refractivity contribution < 1.29 is 4.79 Å². The Bertz CT molecular complexity index is 539. The third kappa shape index (κ3) is 1.91. The molecule has 1 aromatic carbocycles. The van der Waals surface area contributed by atoms with Crippen LogP contribution in [0.4, 0.5) is 5.82 Å². The molecule has 0 fully saturated rings. The lowest BCUT2D eigenvalue weighted by Crippen LogP contribution is -2.12. The number of carbonyl (C=O) groups excluding carboxylic acids is 1. The Balaban J connectivity index is 2.18. The Hall–Kier alpha value is -2.61. The third-order valence-electron chi connectivity index (χ3n) is 2.03. The standard InChI is InChI=1S/C11H8N4O/c12-6-9-7-13-15-10(9)14-11(16)8-4-2-1-3-5-8/h1-5,7H,(H2,13,14,15,16). The van der Waals surface area contributed by atoms with Gasteiger partial charge in [0.05, 0.1) is 6.20 Å². The summed E-state index contributed by atoms with van der Waals surface area (Å²) in [7, 11) is 0. The summed E-state index contributed by atoms with van der Waals surface area (Å²) in [6, 6.07) is 10.7. The number of benzene rings is 1. The Labute approximate surface area is 91.7 Å². The lowest BCUT2D eigenvalue weighted by Gasteiger charge is -2.02. The molecule has 0 spiro atoms. The molecular formula is C11H8N4O. The summed E-state index contributed by atoms with van der Waals surface area (Å²) in [6.07, 6.45) is 1.36. The summed E-state index contributed by atoms with van der Waals surface area (Å²) in [4.78, 5) is 11.7. The van der Waals surface area contributed by atoms with E-state index in [0.717, 1.165) is 0 Å². The fraction of sp³-hybridized carbons (Fsp3) is 0. The predicted octanol–water partition coefficient (Wildman–Crippen LogP) is 1.53. The number of amides is 1. The van der Waals surface area contributed by atoms with Gasteiger partial charge in [0.15, 0.2) is 0 Å². The number of aromatic nitrogens is 2. The van der Waals surface area contributed by atoms with Crippen molar-refractivity contribution in [1.29, 1.82) is 5.26 Å². The molecule has 0 aliphatic carbocycles. The number of carbonyl (C=O) groups is 1. The van der Waals surface area contributed by atoms with Crippen LogP contribution < -0.4 is 5.32 Å². The van der Waals surface area contributed by atoms with Crippen LogP contribution >= 0.6 is 0 Å². The van der Waals surface area contributed by atoms with E-state index >= 15 is 0 Å². The van der Waals surface area contributed by atoms with Crippen LogP contribution in [0.2, 0.25) is 0 Å². The third-order valence-corrected chi connectivity index (χ3v) is 2.03. The number of anilines is 1. The number of nitrogens with one attached hydrogen (secondary N) is 2. The zero-order chi connectivity index (χ0) is 11.4. The van der Waals surface area contributed by atoms with E-state index in [-0.39, 0.29) is 5.91 Å². The van der Waals surface area contributed by atoms with Gasteiger partial charge in [-0.15, -0.1) is 0 Å². The van der Waals surface area contributed by atoms with E-state index in [9.17, 15) is 4.79 Å². The highest BCUT2D eigenvalue weighted by Gasteiger charge is 2.09. The van der Waals surface area contributed by atoms with Gasteiger partial charge in [-0.2, -0.15) is 10.4 Å². The Kier molecular flexibility index (Phi) is 2.65. The topological polar surface area (TPSA) is 81.6 Å². The molecule has 0 saturated carbocycles. The smallest absolute Gasteiger partial charge is 0.256 e. The van der Waals surface area contributed by atoms with Crippen molar-refractivity contribution in [1.82, 2.24) is 10.2 Å². The van der Waals surface area contributed by atoms with Gasteiger partial charge >= 0.3 is 0 Å². The van der Waals surface area contributed by atoms with Crippen LogP contribution in [0.1, 0.15) is 15.9 Å². The number of rotatable bonds is 2. The summed E-state index contributed by atoms with van der Waals surface area (Å²) >= 11 is 0. The number of aromatic amines is 1. The Morgan fingerprint density at radius 2 is 2.12 bits per heavy atom. The zero-order valence-corrected chi connectivity index (χ0v) is 8.27. The molecule has 2 rings (SSSR count). The number of H-pyrrole nitrogens is 1. The van der Waals surface area contributed by atoms with Crippen LogP contribution in [-0.2, 0) is 0 Å². The first-order valence-corrected chi connectivity index (χ1v) is 4.61. The molecule has 0 aliphatic rings. The van der Waals surface area contributed by atoms with Crippen molar-refractivity contribution in [3.63, 3.8) is 0 Å². The molecule has 0 unspecified atom stereocenters. The molecular weight excluding hydrogens is 204 g/mol. The van der Waals surface area contributed by atoms with Gasteiger partial charge in [0.2, 0.25) is 0 Å². The molecule has 1 aromatic heterocycles. The molecule has 5 nitrogen and oxygen atoms in total. The van der Waals surface area contributed by atoms with Gasteiger partial charge in [0.1, 0.15) is 17.5 Å². The van der Waals surface area contributed by atoms with Crippen molar-refractivity contribution in [2.75, 3.05) is 5.32 Å². The summed E-state index contributed by atoms with van der Waals surface area (Å²) in [6.45, 7) is 0. The fourth-order valence-corrected chi connectivity index (χ4v) is 1.24. The first-order valence-electron chi connectivity index (χ1n) is 4.61. The average molecular weight is 212 g/mol. The molecule has 2 aromatic rings. The van der Waals surface area contributed by atoms with Crippen LogP contribution in [0.3, 0.4) is 0 Å². The molecule has 5 heteroatoms. The van der Waals surface area contributed by atoms with Gasteiger partial charge in [-0.3, -0.25) is 9.89 Å². The lowest BCUT2D eigenvalue weighted by atomic mass is 10.2. The Morgan fingerprint density at radius 3 is 2.81 bits per heavy atom. The molecule has 0 saturated heterocycles. The predicted molar refractivity (Wildman–Crippen MR) is 57.7 cm³/mol. The number of nitriles is 1. The van der Waals surface area contributed by atoms with Crippen molar-refractivity contribution in [3.8, 4) is 6.07 Å². The van der Waals surface area contributed by atoms with Gasteiger partial charge < -0.3 is 5.32 Å². The van der Waals surface area contributed by atoms with Crippen molar-refractivity contribution in [2.45, 2.75) is 0 Å². The van der Waals surface area contributed by atoms with Crippen LogP contribution in [0.25, 0.3) is 0 Å².